The first-order chi connectivity index (χ1) is 10.7. The zero-order valence-electron chi connectivity index (χ0n) is 12.9. The summed E-state index contributed by atoms with van der Waals surface area (Å²) in [5.41, 5.74) is -2.17. The van der Waals surface area contributed by atoms with Crippen LogP contribution in [0.15, 0.2) is 6.20 Å². The first-order valence-corrected chi connectivity index (χ1v) is 7.83. The number of halogens is 3. The van der Waals surface area contributed by atoms with Gasteiger partial charge in [-0.05, 0) is 32.1 Å². The Morgan fingerprint density at radius 3 is 2.61 bits per heavy atom. The molecule has 0 bridgehead atoms. The molecule has 0 radical (unpaired) electrons. The van der Waals surface area contributed by atoms with Gasteiger partial charge in [-0.25, -0.2) is 4.98 Å². The van der Waals surface area contributed by atoms with E-state index in [1.807, 2.05) is 0 Å². The molecule has 2 aliphatic rings. The molecule has 1 saturated carbocycles. The quantitative estimate of drug-likeness (QED) is 0.902. The molecule has 1 atom stereocenters. The number of nitrogens with zero attached hydrogens (tertiary/aromatic N) is 3. The molecule has 0 aromatic carbocycles. The molecule has 1 aliphatic heterocycles. The zero-order chi connectivity index (χ0) is 16.8. The highest BCUT2D eigenvalue weighted by molar-refractivity contribution is 5.86. The number of rotatable bonds is 2. The molecule has 8 heteroatoms. The van der Waals surface area contributed by atoms with Crippen LogP contribution in [0, 0.1) is 0 Å². The van der Waals surface area contributed by atoms with E-state index in [2.05, 4.69) is 4.98 Å². The van der Waals surface area contributed by atoms with Crippen molar-refractivity contribution in [3.05, 3.63) is 17.7 Å². The average molecular weight is 331 g/mol. The smallest absolute Gasteiger partial charge is 0.380 e. The zero-order valence-corrected chi connectivity index (χ0v) is 12.9. The number of alkyl halides is 3. The maximum absolute atomic E-state index is 12.8. The fraction of sp³-hybridized carbons (Fsp3) is 0.733. The van der Waals surface area contributed by atoms with E-state index in [1.54, 1.807) is 4.90 Å². The molecular formula is C15H20F3N3O2. The van der Waals surface area contributed by atoms with Gasteiger partial charge in [0.15, 0.2) is 5.69 Å². The van der Waals surface area contributed by atoms with Crippen LogP contribution < -0.4 is 0 Å². The van der Waals surface area contributed by atoms with Crippen LogP contribution in [0.4, 0.5) is 13.2 Å². The van der Waals surface area contributed by atoms with Crippen molar-refractivity contribution < 1.29 is 23.1 Å². The molecule has 3 rings (SSSR count). The van der Waals surface area contributed by atoms with Gasteiger partial charge in [-0.3, -0.25) is 4.79 Å². The number of carbonyl (C=O) groups is 1. The van der Waals surface area contributed by atoms with Crippen LogP contribution in [-0.2, 0) is 18.0 Å². The first-order valence-electron chi connectivity index (χ1n) is 7.83. The lowest BCUT2D eigenvalue weighted by Crippen LogP contribution is -2.55. The summed E-state index contributed by atoms with van der Waals surface area (Å²) in [5.74, 6) is -0.188. The van der Waals surface area contributed by atoms with Crippen LogP contribution in [0.1, 0.15) is 49.5 Å². The monoisotopic (exact) mass is 331 g/mol. The first kappa shape index (κ1) is 16.3. The van der Waals surface area contributed by atoms with Crippen molar-refractivity contribution in [2.24, 2.45) is 7.05 Å². The SMILES string of the molecule is Cn1cc(C(F)(F)F)nc1C1CCCN(C(=O)C2(O)CCC2)C1. The molecule has 128 valence electrons. The minimum Gasteiger partial charge on any atom is -0.380 e. The van der Waals surface area contributed by atoms with Gasteiger partial charge >= 0.3 is 6.18 Å². The molecule has 2 heterocycles. The van der Waals surface area contributed by atoms with Crippen molar-refractivity contribution in [1.29, 1.82) is 0 Å². The Bertz CT molecular complexity index is 608. The van der Waals surface area contributed by atoms with E-state index in [1.165, 1.54) is 11.6 Å². The highest BCUT2D eigenvalue weighted by atomic mass is 19.4. The van der Waals surface area contributed by atoms with Crippen molar-refractivity contribution in [2.75, 3.05) is 13.1 Å². The van der Waals surface area contributed by atoms with Gasteiger partial charge in [0.05, 0.1) is 0 Å². The molecule has 1 saturated heterocycles. The molecule has 1 aliphatic carbocycles. The lowest BCUT2D eigenvalue weighted by atomic mass is 9.78. The molecule has 1 unspecified atom stereocenters. The highest BCUT2D eigenvalue weighted by Crippen LogP contribution is 2.36. The Balaban J connectivity index is 1.76. The van der Waals surface area contributed by atoms with Gasteiger partial charge in [0, 0.05) is 32.3 Å². The summed E-state index contributed by atoms with van der Waals surface area (Å²) in [6, 6.07) is 0. The number of likely N-dealkylation sites (tertiary alicyclic amines) is 1. The van der Waals surface area contributed by atoms with Crippen molar-refractivity contribution in [3.63, 3.8) is 0 Å². The predicted octanol–water partition coefficient (Wildman–Crippen LogP) is 2.06. The van der Waals surface area contributed by atoms with Gasteiger partial charge in [-0.2, -0.15) is 13.2 Å². The average Bonchev–Trinajstić information content (AvgIpc) is 2.86. The van der Waals surface area contributed by atoms with Crippen LogP contribution in [-0.4, -0.2) is 44.2 Å². The predicted molar refractivity (Wildman–Crippen MR) is 75.6 cm³/mol. The summed E-state index contributed by atoms with van der Waals surface area (Å²) in [5, 5.41) is 10.2. The summed E-state index contributed by atoms with van der Waals surface area (Å²) in [6.45, 7) is 0.845. The van der Waals surface area contributed by atoms with Gasteiger partial charge < -0.3 is 14.6 Å². The maximum Gasteiger partial charge on any atom is 0.434 e. The van der Waals surface area contributed by atoms with Crippen molar-refractivity contribution in [1.82, 2.24) is 14.5 Å². The van der Waals surface area contributed by atoms with Gasteiger partial charge in [0.1, 0.15) is 11.4 Å². The Labute approximate surface area is 132 Å². The molecule has 1 aromatic rings. The van der Waals surface area contributed by atoms with Crippen LogP contribution in [0.5, 0.6) is 0 Å². The fourth-order valence-corrected chi connectivity index (χ4v) is 3.39. The van der Waals surface area contributed by atoms with E-state index >= 15 is 0 Å². The molecule has 5 nitrogen and oxygen atoms in total. The minimum atomic E-state index is -4.47. The molecule has 1 aromatic heterocycles. The number of amides is 1. The molecule has 1 N–H and O–H groups in total. The Kier molecular flexibility index (Phi) is 3.90. The van der Waals surface area contributed by atoms with Gasteiger partial charge in [0.2, 0.25) is 0 Å². The second kappa shape index (κ2) is 5.51. The van der Waals surface area contributed by atoms with E-state index in [-0.39, 0.29) is 11.8 Å². The van der Waals surface area contributed by atoms with Gasteiger partial charge in [-0.15, -0.1) is 0 Å². The van der Waals surface area contributed by atoms with E-state index < -0.39 is 17.5 Å². The van der Waals surface area contributed by atoms with Crippen LogP contribution >= 0.6 is 0 Å². The summed E-state index contributed by atoms with van der Waals surface area (Å²) in [4.78, 5) is 17.7. The van der Waals surface area contributed by atoms with E-state index in [4.69, 9.17) is 0 Å². The van der Waals surface area contributed by atoms with Crippen molar-refractivity contribution in [3.8, 4) is 0 Å². The molecule has 0 spiro atoms. The van der Waals surface area contributed by atoms with Crippen LogP contribution in [0.2, 0.25) is 0 Å². The molecule has 2 fully saturated rings. The summed E-state index contributed by atoms with van der Waals surface area (Å²) in [7, 11) is 1.54. The second-order valence-electron chi connectivity index (χ2n) is 6.57. The van der Waals surface area contributed by atoms with E-state index in [0.717, 1.165) is 12.6 Å². The third-order valence-electron chi connectivity index (χ3n) is 4.86. The number of hydrogen-bond acceptors (Lipinski definition) is 3. The Hall–Kier alpha value is -1.57. The largest absolute Gasteiger partial charge is 0.434 e. The summed E-state index contributed by atoms with van der Waals surface area (Å²) >= 11 is 0. The number of imidazole rings is 1. The van der Waals surface area contributed by atoms with Crippen molar-refractivity contribution >= 4 is 5.91 Å². The third-order valence-corrected chi connectivity index (χ3v) is 4.86. The topological polar surface area (TPSA) is 58.4 Å². The number of aliphatic hydroxyl groups is 1. The summed E-state index contributed by atoms with van der Waals surface area (Å²) < 4.78 is 39.8. The Morgan fingerprint density at radius 2 is 2.09 bits per heavy atom. The summed E-state index contributed by atoms with van der Waals surface area (Å²) in [6.07, 6.45) is -0.350. The maximum atomic E-state index is 12.8. The second-order valence-corrected chi connectivity index (χ2v) is 6.57. The molecule has 23 heavy (non-hydrogen) atoms. The number of aromatic nitrogens is 2. The number of piperidine rings is 1. The van der Waals surface area contributed by atoms with E-state index in [9.17, 15) is 23.1 Å². The van der Waals surface area contributed by atoms with E-state index in [0.29, 0.717) is 44.6 Å². The molecule has 1 amide bonds. The van der Waals surface area contributed by atoms with Crippen molar-refractivity contribution in [2.45, 2.75) is 49.8 Å². The van der Waals surface area contributed by atoms with Gasteiger partial charge in [0.25, 0.3) is 5.91 Å². The highest BCUT2D eigenvalue weighted by Gasteiger charge is 2.45. The Morgan fingerprint density at radius 1 is 1.39 bits per heavy atom. The third kappa shape index (κ3) is 2.96. The lowest BCUT2D eigenvalue weighted by molar-refractivity contribution is -0.161. The standard InChI is InChI=1S/C15H20F3N3O2/c1-20-9-11(15(16,17)18)19-12(20)10-4-2-7-21(8-10)13(22)14(23)5-3-6-14/h9-10,23H,2-8H2,1H3. The van der Waals surface area contributed by atoms with Crippen LogP contribution in [0.3, 0.4) is 0 Å². The normalized spacial score (nSPS) is 24.4. The number of hydrogen-bond donors (Lipinski definition) is 1. The number of aryl methyl sites for hydroxylation is 1. The fourth-order valence-electron chi connectivity index (χ4n) is 3.39. The minimum absolute atomic E-state index is 0.238. The van der Waals surface area contributed by atoms with Crippen LogP contribution in [0.25, 0.3) is 0 Å². The van der Waals surface area contributed by atoms with Gasteiger partial charge in [-0.1, -0.05) is 0 Å². The molecular weight excluding hydrogens is 311 g/mol. The lowest BCUT2D eigenvalue weighted by Gasteiger charge is -2.42. The number of carbonyl (C=O) groups excluding carboxylic acids is 1.